The van der Waals surface area contributed by atoms with Crippen LogP contribution in [0.3, 0.4) is 0 Å². The van der Waals surface area contributed by atoms with Gasteiger partial charge in [-0.05, 0) is 29.8 Å². The molecule has 90 valence electrons. The van der Waals surface area contributed by atoms with Gasteiger partial charge in [0.2, 0.25) is 5.28 Å². The Labute approximate surface area is 117 Å². The maximum atomic E-state index is 5.96. The van der Waals surface area contributed by atoms with Crippen LogP contribution in [0, 0.1) is 0 Å². The van der Waals surface area contributed by atoms with Gasteiger partial charge in [-0.25, -0.2) is 9.97 Å². The number of hydrogen-bond acceptors (Lipinski definition) is 3. The smallest absolute Gasteiger partial charge is 0.225 e. The van der Waals surface area contributed by atoms with Crippen LogP contribution < -0.4 is 0 Å². The average Bonchev–Trinajstić information content (AvgIpc) is 2.72. The molecule has 0 amide bonds. The summed E-state index contributed by atoms with van der Waals surface area (Å²) in [7, 11) is 0. The van der Waals surface area contributed by atoms with Crippen molar-refractivity contribution in [2.24, 2.45) is 0 Å². The van der Waals surface area contributed by atoms with E-state index in [1.54, 1.807) is 23.0 Å². The summed E-state index contributed by atoms with van der Waals surface area (Å²) in [6, 6.07) is 7.32. The van der Waals surface area contributed by atoms with Crippen LogP contribution in [-0.4, -0.2) is 19.5 Å². The molecule has 0 saturated heterocycles. The Morgan fingerprint density at radius 1 is 1.06 bits per heavy atom. The molecule has 18 heavy (non-hydrogen) atoms. The van der Waals surface area contributed by atoms with Gasteiger partial charge in [-0.2, -0.15) is 4.98 Å². The van der Waals surface area contributed by atoms with Crippen LogP contribution in [0.1, 0.15) is 0 Å². The molecule has 0 aliphatic heterocycles. The molecule has 3 rings (SSSR count). The van der Waals surface area contributed by atoms with Crippen LogP contribution in [0.25, 0.3) is 16.9 Å². The average molecular weight is 300 g/mol. The van der Waals surface area contributed by atoms with E-state index < -0.39 is 0 Å². The largest absolute Gasteiger partial charge is 0.283 e. The summed E-state index contributed by atoms with van der Waals surface area (Å²) in [5.41, 5.74) is 1.87. The number of imidazole rings is 1. The van der Waals surface area contributed by atoms with E-state index in [4.69, 9.17) is 34.8 Å². The molecular weight excluding hydrogens is 295 g/mol. The lowest BCUT2D eigenvalue weighted by molar-refractivity contribution is 1.06. The second kappa shape index (κ2) is 4.39. The first-order chi connectivity index (χ1) is 8.65. The van der Waals surface area contributed by atoms with Crippen LogP contribution in [0.2, 0.25) is 15.5 Å². The third-order valence-corrected chi connectivity index (χ3v) is 3.08. The van der Waals surface area contributed by atoms with Crippen LogP contribution in [0.5, 0.6) is 0 Å². The molecule has 0 saturated carbocycles. The van der Waals surface area contributed by atoms with Crippen molar-refractivity contribution in [3.8, 4) is 5.69 Å². The molecule has 3 aromatic rings. The molecule has 2 aromatic heterocycles. The summed E-state index contributed by atoms with van der Waals surface area (Å²) in [5, 5.41) is 0.933. The molecule has 0 atom stereocenters. The highest BCUT2D eigenvalue weighted by Crippen LogP contribution is 2.24. The minimum absolute atomic E-state index is 0.0799. The SMILES string of the molecule is Clc1cccc(-n2cnc3c(Cl)nc(Cl)nc32)c1. The minimum Gasteiger partial charge on any atom is -0.283 e. The third-order valence-electron chi connectivity index (χ3n) is 2.41. The van der Waals surface area contributed by atoms with E-state index >= 15 is 0 Å². The van der Waals surface area contributed by atoms with Gasteiger partial charge in [-0.15, -0.1) is 0 Å². The molecule has 0 bridgehead atoms. The van der Waals surface area contributed by atoms with E-state index in [1.165, 1.54) is 0 Å². The van der Waals surface area contributed by atoms with E-state index in [0.717, 1.165) is 5.69 Å². The van der Waals surface area contributed by atoms with Crippen molar-refractivity contribution in [3.63, 3.8) is 0 Å². The second-order valence-electron chi connectivity index (χ2n) is 3.55. The van der Waals surface area contributed by atoms with E-state index in [2.05, 4.69) is 15.0 Å². The van der Waals surface area contributed by atoms with Crippen LogP contribution >= 0.6 is 34.8 Å². The van der Waals surface area contributed by atoms with Crippen molar-refractivity contribution in [2.75, 3.05) is 0 Å². The summed E-state index contributed by atoms with van der Waals surface area (Å²) >= 11 is 17.7. The molecular formula is C11H5Cl3N4. The Kier molecular flexibility index (Phi) is 2.86. The zero-order valence-corrected chi connectivity index (χ0v) is 11.1. The fourth-order valence-corrected chi connectivity index (χ4v) is 2.26. The van der Waals surface area contributed by atoms with E-state index in [0.29, 0.717) is 16.2 Å². The van der Waals surface area contributed by atoms with Gasteiger partial charge in [0.1, 0.15) is 11.8 Å². The van der Waals surface area contributed by atoms with Crippen molar-refractivity contribution in [3.05, 3.63) is 46.1 Å². The summed E-state index contributed by atoms with van der Waals surface area (Å²) in [5.74, 6) is 0. The molecule has 1 aromatic carbocycles. The van der Waals surface area contributed by atoms with Gasteiger partial charge in [-0.3, -0.25) is 4.57 Å². The molecule has 7 heteroatoms. The topological polar surface area (TPSA) is 43.6 Å². The highest BCUT2D eigenvalue weighted by molar-refractivity contribution is 6.35. The van der Waals surface area contributed by atoms with Crippen molar-refractivity contribution in [2.45, 2.75) is 0 Å². The third kappa shape index (κ3) is 1.92. The zero-order chi connectivity index (χ0) is 12.7. The highest BCUT2D eigenvalue weighted by Gasteiger charge is 2.12. The molecule has 0 fully saturated rings. The number of aromatic nitrogens is 4. The van der Waals surface area contributed by atoms with Gasteiger partial charge in [0.05, 0.1) is 5.69 Å². The summed E-state index contributed by atoms with van der Waals surface area (Å²) in [6.07, 6.45) is 1.60. The number of halogens is 3. The quantitative estimate of drug-likeness (QED) is 0.507. The first-order valence-corrected chi connectivity index (χ1v) is 6.10. The molecule has 0 spiro atoms. The fraction of sp³-hybridized carbons (Fsp3) is 0. The van der Waals surface area contributed by atoms with Crippen LogP contribution in [-0.2, 0) is 0 Å². The molecule has 0 unspecified atom stereocenters. The number of hydrogen-bond donors (Lipinski definition) is 0. The molecule has 0 radical (unpaired) electrons. The minimum atomic E-state index is 0.0799. The number of rotatable bonds is 1. The Bertz CT molecular complexity index is 738. The Balaban J connectivity index is 2.30. The number of fused-ring (bicyclic) bond motifs is 1. The zero-order valence-electron chi connectivity index (χ0n) is 8.81. The highest BCUT2D eigenvalue weighted by atomic mass is 35.5. The van der Waals surface area contributed by atoms with Crippen molar-refractivity contribution >= 4 is 46.0 Å². The lowest BCUT2D eigenvalue weighted by atomic mass is 10.3. The number of benzene rings is 1. The predicted molar refractivity (Wildman–Crippen MR) is 71.7 cm³/mol. The van der Waals surface area contributed by atoms with E-state index in [-0.39, 0.29) is 10.4 Å². The first-order valence-electron chi connectivity index (χ1n) is 4.97. The first kappa shape index (κ1) is 11.7. The Morgan fingerprint density at radius 3 is 2.67 bits per heavy atom. The van der Waals surface area contributed by atoms with Gasteiger partial charge >= 0.3 is 0 Å². The monoisotopic (exact) mass is 298 g/mol. The fourth-order valence-electron chi connectivity index (χ4n) is 1.66. The van der Waals surface area contributed by atoms with Crippen LogP contribution in [0.4, 0.5) is 0 Å². The Hall–Kier alpha value is -1.36. The Morgan fingerprint density at radius 2 is 1.89 bits per heavy atom. The van der Waals surface area contributed by atoms with Gasteiger partial charge in [0.15, 0.2) is 10.8 Å². The van der Waals surface area contributed by atoms with E-state index in [9.17, 15) is 0 Å². The summed E-state index contributed by atoms with van der Waals surface area (Å²) < 4.78 is 1.75. The van der Waals surface area contributed by atoms with Gasteiger partial charge in [0.25, 0.3) is 0 Å². The maximum absolute atomic E-state index is 5.96. The molecule has 0 N–H and O–H groups in total. The van der Waals surface area contributed by atoms with Crippen molar-refractivity contribution < 1.29 is 0 Å². The van der Waals surface area contributed by atoms with Gasteiger partial charge in [-0.1, -0.05) is 29.3 Å². The molecule has 2 heterocycles. The number of nitrogens with zero attached hydrogens (tertiary/aromatic N) is 4. The second-order valence-corrected chi connectivity index (χ2v) is 4.68. The molecule has 0 aliphatic rings. The molecule has 0 aliphatic carbocycles. The molecule has 4 nitrogen and oxygen atoms in total. The maximum Gasteiger partial charge on any atom is 0.225 e. The van der Waals surface area contributed by atoms with Crippen LogP contribution in [0.15, 0.2) is 30.6 Å². The lowest BCUT2D eigenvalue weighted by Crippen LogP contribution is -1.95. The summed E-state index contributed by atoms with van der Waals surface area (Å²) in [6.45, 7) is 0. The van der Waals surface area contributed by atoms with Crippen molar-refractivity contribution in [1.29, 1.82) is 0 Å². The summed E-state index contributed by atoms with van der Waals surface area (Å²) in [4.78, 5) is 12.1. The predicted octanol–water partition coefficient (Wildman–Crippen LogP) is 3.78. The van der Waals surface area contributed by atoms with Gasteiger partial charge < -0.3 is 0 Å². The standard InChI is InChI=1S/C11H5Cl3N4/c12-6-2-1-3-7(4-6)18-5-15-8-9(13)16-11(14)17-10(8)18/h1-5H. The van der Waals surface area contributed by atoms with Crippen molar-refractivity contribution in [1.82, 2.24) is 19.5 Å². The van der Waals surface area contributed by atoms with Gasteiger partial charge in [0, 0.05) is 5.02 Å². The normalized spacial score (nSPS) is 11.1. The van der Waals surface area contributed by atoms with E-state index in [1.807, 2.05) is 12.1 Å². The lowest BCUT2D eigenvalue weighted by Gasteiger charge is -2.04.